The second-order valence-electron chi connectivity index (χ2n) is 8.85. The second kappa shape index (κ2) is 9.30. The maximum atomic E-state index is 12.4. The van der Waals surface area contributed by atoms with E-state index in [1.807, 2.05) is 4.90 Å². The first-order chi connectivity index (χ1) is 15.6. The average Bonchev–Trinajstić information content (AvgIpc) is 3.48. The number of likely N-dealkylation sites (tertiary alicyclic amines) is 1. The first-order valence-electron chi connectivity index (χ1n) is 11.5. The van der Waals surface area contributed by atoms with Crippen molar-refractivity contribution in [2.45, 2.75) is 44.9 Å². The number of aromatic nitrogens is 2. The summed E-state index contributed by atoms with van der Waals surface area (Å²) in [6.45, 7) is 5.56. The molecule has 170 valence electrons. The summed E-state index contributed by atoms with van der Waals surface area (Å²) in [5.41, 5.74) is 9.12. The third kappa shape index (κ3) is 4.78. The smallest absolute Gasteiger partial charge is 0.244 e. The van der Waals surface area contributed by atoms with Gasteiger partial charge in [-0.15, -0.1) is 0 Å². The maximum Gasteiger partial charge on any atom is 0.244 e. The van der Waals surface area contributed by atoms with Gasteiger partial charge in [0, 0.05) is 26.2 Å². The molecule has 3 aliphatic rings. The predicted octanol–water partition coefficient (Wildman–Crippen LogP) is 2.20. The zero-order valence-electron chi connectivity index (χ0n) is 18.3. The van der Waals surface area contributed by atoms with Crippen molar-refractivity contribution in [1.82, 2.24) is 14.9 Å². The zero-order chi connectivity index (χ0) is 21.9. The van der Waals surface area contributed by atoms with Gasteiger partial charge in [-0.05, 0) is 49.9 Å². The Labute approximate surface area is 188 Å². The van der Waals surface area contributed by atoms with Crippen molar-refractivity contribution in [3.05, 3.63) is 35.4 Å². The van der Waals surface area contributed by atoms with Crippen LogP contribution in [-0.4, -0.2) is 59.7 Å². The van der Waals surface area contributed by atoms with Crippen LogP contribution < -0.4 is 21.3 Å². The summed E-state index contributed by atoms with van der Waals surface area (Å²) < 4.78 is 5.67. The lowest BCUT2D eigenvalue weighted by molar-refractivity contribution is -0.115. The number of hydrogen-bond donors (Lipinski definition) is 3. The molecule has 32 heavy (non-hydrogen) atoms. The summed E-state index contributed by atoms with van der Waals surface area (Å²) in [6.07, 6.45) is 4.84. The summed E-state index contributed by atoms with van der Waals surface area (Å²) >= 11 is 0. The van der Waals surface area contributed by atoms with Crippen LogP contribution in [0, 0.1) is 0 Å². The molecule has 4 N–H and O–H groups in total. The molecule has 1 aromatic carbocycles. The van der Waals surface area contributed by atoms with Gasteiger partial charge >= 0.3 is 0 Å². The quantitative estimate of drug-likeness (QED) is 0.605. The second-order valence-corrected chi connectivity index (χ2v) is 8.85. The third-order valence-electron chi connectivity index (χ3n) is 6.30. The first-order valence-corrected chi connectivity index (χ1v) is 11.5. The molecular formula is C23H31N7O2. The van der Waals surface area contributed by atoms with Crippen molar-refractivity contribution >= 4 is 29.2 Å². The Morgan fingerprint density at radius 3 is 2.75 bits per heavy atom. The van der Waals surface area contributed by atoms with Crippen LogP contribution in [-0.2, 0) is 22.6 Å². The van der Waals surface area contributed by atoms with Gasteiger partial charge in [0.05, 0.1) is 12.6 Å². The number of hydrogen-bond acceptors (Lipinski definition) is 8. The van der Waals surface area contributed by atoms with Crippen LogP contribution in [0.1, 0.15) is 36.8 Å². The lowest BCUT2D eigenvalue weighted by Crippen LogP contribution is -2.39. The summed E-state index contributed by atoms with van der Waals surface area (Å²) in [5, 5.41) is 6.09. The number of nitrogens with two attached hydrogens (primary N) is 1. The van der Waals surface area contributed by atoms with Crippen LogP contribution in [0.2, 0.25) is 0 Å². The van der Waals surface area contributed by atoms with Gasteiger partial charge in [-0.1, -0.05) is 24.3 Å². The molecule has 1 aromatic heterocycles. The molecule has 1 amide bonds. The normalized spacial score (nSPS) is 20.9. The Morgan fingerprint density at radius 2 is 1.97 bits per heavy atom. The number of ether oxygens (including phenoxy) is 1. The van der Waals surface area contributed by atoms with Crippen molar-refractivity contribution in [1.29, 1.82) is 0 Å². The van der Waals surface area contributed by atoms with E-state index in [4.69, 9.17) is 15.5 Å². The SMILES string of the molecule is Nc1nc(NC[C@H]2CCCO2)nc2c1NC(=O)CN2Cc1cccc(CN2CCCC2)c1. The number of nitrogen functional groups attached to an aromatic ring is 1. The van der Waals surface area contributed by atoms with Crippen molar-refractivity contribution in [2.24, 2.45) is 0 Å². The van der Waals surface area contributed by atoms with E-state index in [0.717, 1.165) is 31.6 Å². The molecule has 0 saturated carbocycles. The van der Waals surface area contributed by atoms with Gasteiger partial charge in [0.15, 0.2) is 11.6 Å². The Morgan fingerprint density at radius 1 is 1.16 bits per heavy atom. The van der Waals surface area contributed by atoms with Crippen LogP contribution in [0.15, 0.2) is 24.3 Å². The lowest BCUT2D eigenvalue weighted by atomic mass is 10.1. The van der Waals surface area contributed by atoms with Gasteiger partial charge < -0.3 is 26.0 Å². The Balaban J connectivity index is 1.34. The molecule has 0 bridgehead atoms. The number of rotatable bonds is 7. The van der Waals surface area contributed by atoms with Crippen LogP contribution in [0.5, 0.6) is 0 Å². The van der Waals surface area contributed by atoms with Gasteiger partial charge in [0.1, 0.15) is 5.69 Å². The van der Waals surface area contributed by atoms with Gasteiger partial charge in [-0.2, -0.15) is 9.97 Å². The van der Waals surface area contributed by atoms with Gasteiger partial charge in [-0.3, -0.25) is 9.69 Å². The molecule has 0 aliphatic carbocycles. The number of nitrogens with zero attached hydrogens (tertiary/aromatic N) is 4. The predicted molar refractivity (Wildman–Crippen MR) is 125 cm³/mol. The molecule has 1 atom stereocenters. The number of benzene rings is 1. The largest absolute Gasteiger partial charge is 0.382 e. The van der Waals surface area contributed by atoms with E-state index in [0.29, 0.717) is 30.5 Å². The van der Waals surface area contributed by atoms with E-state index in [-0.39, 0.29) is 24.4 Å². The molecule has 9 nitrogen and oxygen atoms in total. The highest BCUT2D eigenvalue weighted by Crippen LogP contribution is 2.34. The molecular weight excluding hydrogens is 406 g/mol. The van der Waals surface area contributed by atoms with Crippen molar-refractivity contribution < 1.29 is 9.53 Å². The number of carbonyl (C=O) groups excluding carboxylic acids is 1. The fourth-order valence-corrected chi connectivity index (χ4v) is 4.71. The summed E-state index contributed by atoms with van der Waals surface area (Å²) in [5.74, 6) is 1.27. The Kier molecular flexibility index (Phi) is 6.09. The van der Waals surface area contributed by atoms with Crippen molar-refractivity contribution in [2.75, 3.05) is 54.1 Å². The molecule has 2 saturated heterocycles. The fourth-order valence-electron chi connectivity index (χ4n) is 4.71. The molecule has 2 aromatic rings. The Hall–Kier alpha value is -2.91. The molecule has 4 heterocycles. The van der Waals surface area contributed by atoms with Crippen molar-refractivity contribution in [3.63, 3.8) is 0 Å². The van der Waals surface area contributed by atoms with Gasteiger partial charge in [0.2, 0.25) is 11.9 Å². The standard InChI is InChI=1S/C23H31N7O2/c24-21-20-22(28-23(27-21)25-12-18-7-4-10-32-18)30(15-19(31)26-20)14-17-6-3-5-16(11-17)13-29-8-1-2-9-29/h3,5-6,11,18H,1-2,4,7-10,12-15H2,(H,26,31)(H3,24,25,27,28)/t18-/m1/s1. The van der Waals surface area contributed by atoms with E-state index >= 15 is 0 Å². The van der Waals surface area contributed by atoms with E-state index in [1.165, 1.54) is 31.5 Å². The van der Waals surface area contributed by atoms with Crippen LogP contribution in [0.3, 0.4) is 0 Å². The Bertz CT molecular complexity index is 971. The van der Waals surface area contributed by atoms with E-state index in [9.17, 15) is 4.79 Å². The summed E-state index contributed by atoms with van der Waals surface area (Å²) in [4.78, 5) is 25.9. The highest BCUT2D eigenvalue weighted by atomic mass is 16.5. The number of anilines is 4. The van der Waals surface area contributed by atoms with Crippen LogP contribution >= 0.6 is 0 Å². The maximum absolute atomic E-state index is 12.4. The number of amides is 1. The number of carbonyl (C=O) groups is 1. The molecule has 5 rings (SSSR count). The van der Waals surface area contributed by atoms with Gasteiger partial charge in [0.25, 0.3) is 0 Å². The molecule has 9 heteroatoms. The lowest BCUT2D eigenvalue weighted by Gasteiger charge is -2.30. The third-order valence-corrected chi connectivity index (χ3v) is 6.30. The summed E-state index contributed by atoms with van der Waals surface area (Å²) in [6, 6.07) is 8.59. The summed E-state index contributed by atoms with van der Waals surface area (Å²) in [7, 11) is 0. The van der Waals surface area contributed by atoms with E-state index in [2.05, 4.69) is 44.8 Å². The average molecular weight is 438 g/mol. The highest BCUT2D eigenvalue weighted by Gasteiger charge is 2.27. The zero-order valence-corrected chi connectivity index (χ0v) is 18.3. The van der Waals surface area contributed by atoms with Crippen LogP contribution in [0.4, 0.5) is 23.3 Å². The minimum Gasteiger partial charge on any atom is -0.382 e. The first kappa shape index (κ1) is 21.0. The monoisotopic (exact) mass is 437 g/mol. The van der Waals surface area contributed by atoms with E-state index in [1.54, 1.807) is 0 Å². The number of nitrogens with one attached hydrogen (secondary N) is 2. The molecule has 2 fully saturated rings. The number of fused-ring (bicyclic) bond motifs is 1. The van der Waals surface area contributed by atoms with Gasteiger partial charge in [-0.25, -0.2) is 0 Å². The molecule has 0 radical (unpaired) electrons. The molecule has 0 spiro atoms. The highest BCUT2D eigenvalue weighted by molar-refractivity contribution is 6.03. The minimum absolute atomic E-state index is 0.110. The fraction of sp³-hybridized carbons (Fsp3) is 0.522. The molecule has 0 unspecified atom stereocenters. The van der Waals surface area contributed by atoms with Crippen LogP contribution in [0.25, 0.3) is 0 Å². The van der Waals surface area contributed by atoms with E-state index < -0.39 is 0 Å². The van der Waals surface area contributed by atoms with Crippen molar-refractivity contribution in [3.8, 4) is 0 Å². The minimum atomic E-state index is -0.110. The topological polar surface area (TPSA) is 109 Å². The molecule has 3 aliphatic heterocycles.